The minimum absolute atomic E-state index is 0. The Morgan fingerprint density at radius 2 is 1.21 bits per heavy atom. The number of hydrogen-bond acceptors (Lipinski definition) is 7. The standard InChI is InChI=1S/C16H16O3.C13H11O.C4H8O3.BrH.Mg/c1-18-12-16(17)14-8-5-9-15(10-14)19-11-13-6-3-2-4-7-13;1-3-7-12(8-4-1)11-14-13-9-5-2-6-10-13;1-6-3-4(5)7-2;;/h2-10H,11-12H2,1H3;1-5,7-10H,11H2;3H2,1-2H3;1H;/q;-1;;;+2/p-1. The van der Waals surface area contributed by atoms with Gasteiger partial charge in [-0.2, -0.15) is 18.2 Å². The Hall–Kier alpha value is -3.21. The van der Waals surface area contributed by atoms with E-state index >= 15 is 0 Å². The average Bonchev–Trinajstić information content (AvgIpc) is 3.01. The zero-order chi connectivity index (χ0) is 28.8. The van der Waals surface area contributed by atoms with Crippen LogP contribution >= 0.6 is 0 Å². The predicted molar refractivity (Wildman–Crippen MR) is 159 cm³/mol. The summed E-state index contributed by atoms with van der Waals surface area (Å²) >= 11 is 0. The SMILES string of the molecule is COCC(=O)OC.COCC(=O)c1cccc(OCc2ccccc2)c1.[Br-].[Mg+2].[c-]1cccc(OCc2ccccc2)c1. The van der Waals surface area contributed by atoms with Gasteiger partial charge in [0.25, 0.3) is 0 Å². The smallest absolute Gasteiger partial charge is 1.00 e. The number of carbonyl (C=O) groups excluding carboxylic acids is 2. The van der Waals surface area contributed by atoms with Crippen molar-refractivity contribution in [2.75, 3.05) is 34.5 Å². The van der Waals surface area contributed by atoms with Crippen molar-refractivity contribution in [2.24, 2.45) is 0 Å². The third kappa shape index (κ3) is 16.9. The van der Waals surface area contributed by atoms with E-state index in [0.29, 0.717) is 24.5 Å². The number of esters is 1. The van der Waals surface area contributed by atoms with Crippen LogP contribution in [-0.4, -0.2) is 69.3 Å². The van der Waals surface area contributed by atoms with Gasteiger partial charge in [-0.15, -0.1) is 12.1 Å². The molecule has 0 saturated heterocycles. The van der Waals surface area contributed by atoms with Crippen molar-refractivity contribution in [3.05, 3.63) is 132 Å². The van der Waals surface area contributed by atoms with Crippen LogP contribution in [0.25, 0.3) is 0 Å². The Balaban J connectivity index is 0.000000646. The number of hydrogen-bond donors (Lipinski definition) is 0. The first-order valence-corrected chi connectivity index (χ1v) is 12.5. The van der Waals surface area contributed by atoms with Gasteiger partial charge in [-0.25, -0.2) is 4.79 Å². The normalized spacial score (nSPS) is 9.21. The molecule has 0 bridgehead atoms. The van der Waals surface area contributed by atoms with Gasteiger partial charge in [0.05, 0.1) is 13.7 Å². The summed E-state index contributed by atoms with van der Waals surface area (Å²) in [4.78, 5) is 21.8. The van der Waals surface area contributed by atoms with Gasteiger partial charge in [0.15, 0.2) is 5.78 Å². The Labute approximate surface area is 275 Å². The van der Waals surface area contributed by atoms with Crippen LogP contribution in [0.3, 0.4) is 0 Å². The molecule has 0 radical (unpaired) electrons. The van der Waals surface area contributed by atoms with Crippen LogP contribution in [0.4, 0.5) is 0 Å². The first kappa shape index (κ1) is 38.8. The van der Waals surface area contributed by atoms with Gasteiger partial charge in [-0.1, -0.05) is 72.8 Å². The molecule has 0 aliphatic heterocycles. The summed E-state index contributed by atoms with van der Waals surface area (Å²) in [5.74, 6) is 1.15. The fourth-order valence-electron chi connectivity index (χ4n) is 3.10. The van der Waals surface area contributed by atoms with Crippen LogP contribution in [0.1, 0.15) is 21.5 Å². The van der Waals surface area contributed by atoms with Crippen molar-refractivity contribution in [3.8, 4) is 11.5 Å². The van der Waals surface area contributed by atoms with E-state index in [0.717, 1.165) is 11.3 Å². The third-order valence-corrected chi connectivity index (χ3v) is 5.10. The summed E-state index contributed by atoms with van der Waals surface area (Å²) < 4.78 is 24.7. The number of benzene rings is 4. The molecule has 218 valence electrons. The Morgan fingerprint density at radius 3 is 1.69 bits per heavy atom. The van der Waals surface area contributed by atoms with Gasteiger partial charge in [0.2, 0.25) is 0 Å². The van der Waals surface area contributed by atoms with Crippen molar-refractivity contribution >= 4 is 34.8 Å². The minimum atomic E-state index is -0.345. The number of ketones is 1. The molecule has 0 aromatic heterocycles. The van der Waals surface area contributed by atoms with E-state index in [1.165, 1.54) is 26.9 Å². The summed E-state index contributed by atoms with van der Waals surface area (Å²) in [7, 11) is 4.27. The molecule has 0 spiro atoms. The summed E-state index contributed by atoms with van der Waals surface area (Å²) in [5.41, 5.74) is 2.87. The van der Waals surface area contributed by atoms with E-state index in [1.807, 2.05) is 97.1 Å². The summed E-state index contributed by atoms with van der Waals surface area (Å²) in [6, 6.07) is 37.7. The molecule has 4 aromatic rings. The molecule has 0 heterocycles. The van der Waals surface area contributed by atoms with Crippen LogP contribution < -0.4 is 26.5 Å². The third-order valence-electron chi connectivity index (χ3n) is 5.10. The summed E-state index contributed by atoms with van der Waals surface area (Å²) in [5, 5.41) is 0. The van der Waals surface area contributed by atoms with Gasteiger partial charge in [-0.05, 0) is 23.3 Å². The molecular formula is C33H35BrMgO7. The molecule has 0 amide bonds. The molecule has 4 aromatic carbocycles. The molecule has 0 aliphatic carbocycles. The predicted octanol–water partition coefficient (Wildman–Crippen LogP) is 2.59. The molecule has 9 heteroatoms. The van der Waals surface area contributed by atoms with Gasteiger partial charge >= 0.3 is 29.0 Å². The second-order valence-electron chi connectivity index (χ2n) is 8.18. The van der Waals surface area contributed by atoms with E-state index in [4.69, 9.17) is 14.2 Å². The zero-order valence-electron chi connectivity index (χ0n) is 24.2. The largest absolute Gasteiger partial charge is 2.00 e. The number of Topliss-reactive ketones (excluding diaryl/α,β-unsaturated/α-hetero) is 1. The molecule has 0 aliphatic rings. The number of carbonyl (C=O) groups is 2. The quantitative estimate of drug-likeness (QED) is 0.107. The average molecular weight is 648 g/mol. The van der Waals surface area contributed by atoms with Crippen molar-refractivity contribution in [1.29, 1.82) is 0 Å². The second-order valence-corrected chi connectivity index (χ2v) is 8.18. The number of halogens is 1. The van der Waals surface area contributed by atoms with Crippen molar-refractivity contribution in [1.82, 2.24) is 0 Å². The van der Waals surface area contributed by atoms with Crippen LogP contribution in [0.15, 0.2) is 109 Å². The van der Waals surface area contributed by atoms with Crippen LogP contribution in [0.5, 0.6) is 11.5 Å². The molecular weight excluding hydrogens is 613 g/mol. The van der Waals surface area contributed by atoms with E-state index in [9.17, 15) is 9.59 Å². The fourth-order valence-corrected chi connectivity index (χ4v) is 3.10. The molecule has 0 atom stereocenters. The van der Waals surface area contributed by atoms with Gasteiger partial charge in [0.1, 0.15) is 25.6 Å². The zero-order valence-corrected chi connectivity index (χ0v) is 27.2. The second kappa shape index (κ2) is 24.4. The fraction of sp³-hybridized carbons (Fsp3) is 0.212. The van der Waals surface area contributed by atoms with E-state index < -0.39 is 0 Å². The Bertz CT molecular complexity index is 1200. The van der Waals surface area contributed by atoms with Crippen molar-refractivity contribution < 1.29 is 50.3 Å². The van der Waals surface area contributed by atoms with Crippen LogP contribution in [0, 0.1) is 6.07 Å². The van der Waals surface area contributed by atoms with E-state index in [1.54, 1.807) is 12.1 Å². The molecule has 4 rings (SSSR count). The molecule has 0 fully saturated rings. The number of ether oxygens (including phenoxy) is 5. The Morgan fingerprint density at radius 1 is 0.667 bits per heavy atom. The summed E-state index contributed by atoms with van der Waals surface area (Å²) in [6.07, 6.45) is 0. The van der Waals surface area contributed by atoms with Crippen molar-refractivity contribution in [2.45, 2.75) is 13.2 Å². The topological polar surface area (TPSA) is 80.3 Å². The molecule has 42 heavy (non-hydrogen) atoms. The van der Waals surface area contributed by atoms with E-state index in [-0.39, 0.29) is 65.0 Å². The van der Waals surface area contributed by atoms with Crippen LogP contribution in [0.2, 0.25) is 0 Å². The van der Waals surface area contributed by atoms with Gasteiger partial charge in [0, 0.05) is 25.5 Å². The maximum absolute atomic E-state index is 11.7. The van der Waals surface area contributed by atoms with E-state index in [2.05, 4.69) is 15.5 Å². The Kier molecular flexibility index (Phi) is 22.5. The maximum atomic E-state index is 11.7. The van der Waals surface area contributed by atoms with Gasteiger partial charge in [-0.3, -0.25) is 4.79 Å². The molecule has 0 unspecified atom stereocenters. The van der Waals surface area contributed by atoms with Gasteiger partial charge < -0.3 is 40.7 Å². The monoisotopic (exact) mass is 646 g/mol. The summed E-state index contributed by atoms with van der Waals surface area (Å²) in [6.45, 7) is 1.22. The molecule has 0 saturated carbocycles. The van der Waals surface area contributed by atoms with Crippen LogP contribution in [-0.2, 0) is 32.2 Å². The first-order valence-electron chi connectivity index (χ1n) is 12.5. The minimum Gasteiger partial charge on any atom is -1.00 e. The molecule has 0 N–H and O–H groups in total. The maximum Gasteiger partial charge on any atom is 2.00 e. The number of methoxy groups -OCH3 is 3. The number of rotatable bonds is 11. The van der Waals surface area contributed by atoms with Crippen molar-refractivity contribution in [3.63, 3.8) is 0 Å². The first-order chi connectivity index (χ1) is 19.5. The molecule has 7 nitrogen and oxygen atoms in total.